The normalized spacial score (nSPS) is 16.1. The Morgan fingerprint density at radius 2 is 1.38 bits per heavy atom. The number of aliphatic hydroxyl groups excluding tert-OH is 1. The first kappa shape index (κ1) is 39.1. The van der Waals surface area contributed by atoms with Gasteiger partial charge in [0.1, 0.15) is 34.8 Å². The van der Waals surface area contributed by atoms with Crippen LogP contribution in [0.2, 0.25) is 0 Å². The lowest BCUT2D eigenvalue weighted by molar-refractivity contribution is -0.166. The van der Waals surface area contributed by atoms with Gasteiger partial charge in [-0.25, -0.2) is 34.0 Å². The summed E-state index contributed by atoms with van der Waals surface area (Å²) in [5, 5.41) is 12.7. The Hall–Kier alpha value is -4.07. The number of guanidine groups is 1. The number of esters is 1. The van der Waals surface area contributed by atoms with Crippen molar-refractivity contribution in [2.45, 2.75) is 118 Å². The Bertz CT molecular complexity index is 1280. The summed E-state index contributed by atoms with van der Waals surface area (Å²) >= 11 is 0. The third-order valence-electron chi connectivity index (χ3n) is 5.69. The summed E-state index contributed by atoms with van der Waals surface area (Å²) in [4.78, 5) is 58.4. The first-order valence-corrected chi connectivity index (χ1v) is 15.5. The molecule has 2 N–H and O–H groups in total. The zero-order valence-corrected chi connectivity index (χ0v) is 29.8. The van der Waals surface area contributed by atoms with Crippen molar-refractivity contribution in [3.05, 3.63) is 29.8 Å². The van der Waals surface area contributed by atoms with Crippen LogP contribution >= 0.6 is 0 Å². The van der Waals surface area contributed by atoms with Gasteiger partial charge in [0.25, 0.3) is 0 Å². The van der Waals surface area contributed by atoms with Crippen molar-refractivity contribution >= 4 is 30.2 Å². The molecule has 0 saturated carbocycles. The molecule has 1 aliphatic heterocycles. The highest BCUT2D eigenvalue weighted by Gasteiger charge is 2.40. The Labute approximate surface area is 277 Å². The number of aliphatic imine (C=N–C) groups is 1. The van der Waals surface area contributed by atoms with Crippen LogP contribution in [0.15, 0.2) is 29.3 Å². The number of hydrogen-bond donors (Lipinski definition) is 2. The molecule has 14 heteroatoms. The number of nitrogens with one attached hydrogen (secondary N) is 1. The van der Waals surface area contributed by atoms with Crippen LogP contribution in [0.3, 0.4) is 0 Å². The van der Waals surface area contributed by atoms with Gasteiger partial charge in [-0.15, -0.1) is 0 Å². The van der Waals surface area contributed by atoms with Crippen LogP contribution < -0.4 is 10.1 Å². The number of ether oxygens (including phenoxy) is 5. The molecule has 47 heavy (non-hydrogen) atoms. The zero-order chi connectivity index (χ0) is 36.0. The monoisotopic (exact) mass is 664 g/mol. The highest BCUT2D eigenvalue weighted by atomic mass is 16.6. The van der Waals surface area contributed by atoms with E-state index in [1.807, 2.05) is 0 Å². The van der Waals surface area contributed by atoms with Gasteiger partial charge in [0.05, 0.1) is 12.6 Å². The first-order chi connectivity index (χ1) is 21.3. The highest BCUT2D eigenvalue weighted by Crippen LogP contribution is 2.29. The molecule has 3 amide bonds. The second-order valence-electron chi connectivity index (χ2n) is 15.0. The number of rotatable bonds is 8. The molecule has 2 unspecified atom stereocenters. The number of aliphatic hydroxyl groups is 1. The summed E-state index contributed by atoms with van der Waals surface area (Å²) in [6, 6.07) is 6.11. The number of carbonyl (C=O) groups excluding carboxylic acids is 4. The fourth-order valence-corrected chi connectivity index (χ4v) is 3.95. The molecule has 0 fully saturated rings. The molecule has 264 valence electrons. The Morgan fingerprint density at radius 3 is 1.89 bits per heavy atom. The molecule has 14 nitrogen and oxygen atoms in total. The molecule has 0 bridgehead atoms. The molecule has 1 heterocycles. The van der Waals surface area contributed by atoms with E-state index in [0.717, 1.165) is 0 Å². The van der Waals surface area contributed by atoms with Crippen LogP contribution in [-0.2, 0) is 23.7 Å². The molecule has 0 spiro atoms. The van der Waals surface area contributed by atoms with E-state index in [1.54, 1.807) is 107 Å². The smallest absolute Gasteiger partial charge is 0.417 e. The second kappa shape index (κ2) is 15.2. The summed E-state index contributed by atoms with van der Waals surface area (Å²) in [7, 11) is 0. The van der Waals surface area contributed by atoms with E-state index < -0.39 is 58.8 Å². The van der Waals surface area contributed by atoms with Crippen LogP contribution in [0.25, 0.3) is 0 Å². The third kappa shape index (κ3) is 14.1. The number of carbonyl (C=O) groups is 4. The second-order valence-corrected chi connectivity index (χ2v) is 15.0. The Kier molecular flexibility index (Phi) is 12.7. The van der Waals surface area contributed by atoms with Crippen molar-refractivity contribution in [1.29, 1.82) is 0 Å². The molecule has 0 aromatic heterocycles. The van der Waals surface area contributed by atoms with Crippen LogP contribution in [0, 0.1) is 0 Å². The molecule has 2 rings (SSSR count). The number of alkyl carbamates (subject to hydrolysis) is 1. The summed E-state index contributed by atoms with van der Waals surface area (Å²) in [6.07, 6.45) is -3.63. The average Bonchev–Trinajstić information content (AvgIpc) is 3.31. The molecular formula is C33H52N4O10. The number of nitrogens with zero attached hydrogens (tertiary/aromatic N) is 3. The van der Waals surface area contributed by atoms with Crippen molar-refractivity contribution in [1.82, 2.24) is 15.1 Å². The van der Waals surface area contributed by atoms with Gasteiger partial charge in [-0.3, -0.25) is 0 Å². The van der Waals surface area contributed by atoms with E-state index in [0.29, 0.717) is 11.3 Å². The largest absolute Gasteiger partial charge is 0.490 e. The van der Waals surface area contributed by atoms with E-state index in [-0.39, 0.29) is 32.2 Å². The third-order valence-corrected chi connectivity index (χ3v) is 5.69. The molecule has 1 aromatic carbocycles. The van der Waals surface area contributed by atoms with Crippen LogP contribution in [0.5, 0.6) is 5.75 Å². The molecule has 0 aliphatic carbocycles. The van der Waals surface area contributed by atoms with Gasteiger partial charge >= 0.3 is 24.2 Å². The molecule has 1 aromatic rings. The molecule has 0 saturated heterocycles. The van der Waals surface area contributed by atoms with E-state index in [1.165, 1.54) is 9.80 Å². The van der Waals surface area contributed by atoms with Crippen molar-refractivity contribution < 1.29 is 48.0 Å². The van der Waals surface area contributed by atoms with Crippen molar-refractivity contribution in [2.75, 3.05) is 26.2 Å². The zero-order valence-electron chi connectivity index (χ0n) is 29.8. The number of amides is 3. The minimum atomic E-state index is -1.47. The van der Waals surface area contributed by atoms with E-state index >= 15 is 0 Å². The summed E-state index contributed by atoms with van der Waals surface area (Å²) in [5.41, 5.74) is -2.48. The predicted octanol–water partition coefficient (Wildman–Crippen LogP) is 5.18. The number of benzene rings is 1. The quantitative estimate of drug-likeness (QED) is 0.279. The predicted molar refractivity (Wildman–Crippen MR) is 174 cm³/mol. The lowest BCUT2D eigenvalue weighted by Crippen LogP contribution is -2.52. The minimum Gasteiger partial charge on any atom is -0.490 e. The van der Waals surface area contributed by atoms with Gasteiger partial charge in [-0.2, -0.15) is 0 Å². The van der Waals surface area contributed by atoms with Gasteiger partial charge < -0.3 is 34.1 Å². The lowest BCUT2D eigenvalue weighted by Gasteiger charge is -2.31. The summed E-state index contributed by atoms with van der Waals surface area (Å²) in [6.45, 7) is 20.2. The van der Waals surface area contributed by atoms with Crippen LogP contribution in [0.4, 0.5) is 14.4 Å². The first-order valence-electron chi connectivity index (χ1n) is 15.5. The molecule has 1 aliphatic rings. The Balaban J connectivity index is 2.34. The fraction of sp³-hybridized carbons (Fsp3) is 0.667. The van der Waals surface area contributed by atoms with Crippen molar-refractivity contribution in [3.63, 3.8) is 0 Å². The SMILES string of the molecule is CC(C)(C)OC(=O)NCCN(C(=O)OC(C)(C)C)C1=NC(c2ccc(OCC(O)C(=O)OC(C)(C)C)cc2)CN1C(=O)OC(C)(C)C. The maximum atomic E-state index is 13.5. The van der Waals surface area contributed by atoms with E-state index in [9.17, 15) is 24.3 Å². The molecule has 2 atom stereocenters. The Morgan fingerprint density at radius 1 is 0.851 bits per heavy atom. The maximum absolute atomic E-state index is 13.5. The van der Waals surface area contributed by atoms with E-state index in [4.69, 9.17) is 28.7 Å². The topological polar surface area (TPSA) is 166 Å². The van der Waals surface area contributed by atoms with Gasteiger partial charge in [-0.05, 0) is 101 Å². The lowest BCUT2D eigenvalue weighted by atomic mass is 10.1. The van der Waals surface area contributed by atoms with Gasteiger partial charge in [0, 0.05) is 13.1 Å². The standard InChI is InChI=1S/C33H52N4O10/c1-30(2,3)44-25(39)24(38)20-43-22-15-13-21(14-16-22)23-19-37(29(42)47-33(10,11)12)26(35-23)36(28(41)46-32(7,8)9)18-17-34-27(40)45-31(4,5)6/h13-16,23-24,38H,17-20H2,1-12H3,(H,34,40). The van der Waals surface area contributed by atoms with Gasteiger partial charge in [0.15, 0.2) is 6.10 Å². The number of hydrogen-bond acceptors (Lipinski definition) is 11. The average molecular weight is 665 g/mol. The van der Waals surface area contributed by atoms with Gasteiger partial charge in [0.2, 0.25) is 5.96 Å². The summed E-state index contributed by atoms with van der Waals surface area (Å²) < 4.78 is 27.3. The van der Waals surface area contributed by atoms with Crippen LogP contribution in [-0.4, -0.2) is 99.9 Å². The van der Waals surface area contributed by atoms with E-state index in [2.05, 4.69) is 5.32 Å². The van der Waals surface area contributed by atoms with Crippen molar-refractivity contribution in [3.8, 4) is 5.75 Å². The minimum absolute atomic E-state index is 0.00898. The van der Waals surface area contributed by atoms with Crippen molar-refractivity contribution in [2.24, 2.45) is 4.99 Å². The van der Waals surface area contributed by atoms with Gasteiger partial charge in [-0.1, -0.05) is 12.1 Å². The molecular weight excluding hydrogens is 612 g/mol. The fourth-order valence-electron chi connectivity index (χ4n) is 3.95. The summed E-state index contributed by atoms with van der Waals surface area (Å²) in [5.74, 6) is -0.420. The maximum Gasteiger partial charge on any atom is 0.417 e. The molecule has 0 radical (unpaired) electrons. The van der Waals surface area contributed by atoms with Crippen LogP contribution in [0.1, 0.15) is 94.7 Å². The highest BCUT2D eigenvalue weighted by molar-refractivity contribution is 6.02.